The van der Waals surface area contributed by atoms with E-state index in [1.54, 1.807) is 12.1 Å². The second kappa shape index (κ2) is 9.47. The molecule has 0 unspecified atom stereocenters. The zero-order valence-electron chi connectivity index (χ0n) is 17.3. The zero-order valence-corrected chi connectivity index (χ0v) is 17.3. The van der Waals surface area contributed by atoms with E-state index >= 15 is 0 Å². The standard InChI is InChI=1S/C26H26N2O3/c29-24(27-21-12-5-2-6-13-21)19-31-23-15-9-14-22(18-23)28-25(30)26(16-7-8-17-26)20-10-3-1-4-11-20/h1-6,9-15,18H,7-8,16-17,19H2,(H,27,29)(H,28,30). The molecule has 31 heavy (non-hydrogen) atoms. The van der Waals surface area contributed by atoms with Gasteiger partial charge in [-0.2, -0.15) is 0 Å². The largest absolute Gasteiger partial charge is 0.484 e. The van der Waals surface area contributed by atoms with Crippen molar-refractivity contribution in [3.8, 4) is 5.75 Å². The number of carbonyl (C=O) groups is 2. The normalized spacial score (nSPS) is 14.6. The van der Waals surface area contributed by atoms with Gasteiger partial charge in [0.15, 0.2) is 6.61 Å². The first-order valence-electron chi connectivity index (χ1n) is 10.6. The summed E-state index contributed by atoms with van der Waals surface area (Å²) in [6.45, 7) is -0.111. The highest BCUT2D eigenvalue weighted by atomic mass is 16.5. The molecule has 1 saturated carbocycles. The summed E-state index contributed by atoms with van der Waals surface area (Å²) in [7, 11) is 0. The van der Waals surface area contributed by atoms with Crippen LogP contribution in [-0.4, -0.2) is 18.4 Å². The van der Waals surface area contributed by atoms with Gasteiger partial charge >= 0.3 is 0 Å². The summed E-state index contributed by atoms with van der Waals surface area (Å²) in [5, 5.41) is 5.86. The van der Waals surface area contributed by atoms with Gasteiger partial charge in [0.2, 0.25) is 5.91 Å². The molecule has 2 N–H and O–H groups in total. The molecule has 0 radical (unpaired) electrons. The van der Waals surface area contributed by atoms with Crippen LogP contribution in [0.5, 0.6) is 5.75 Å². The summed E-state index contributed by atoms with van der Waals surface area (Å²) in [5.74, 6) is 0.297. The van der Waals surface area contributed by atoms with Crippen LogP contribution in [0.3, 0.4) is 0 Å². The second-order valence-electron chi connectivity index (χ2n) is 7.84. The lowest BCUT2D eigenvalue weighted by Crippen LogP contribution is -2.37. The highest BCUT2D eigenvalue weighted by Crippen LogP contribution is 2.42. The molecular formula is C26H26N2O3. The molecule has 1 aliphatic carbocycles. The van der Waals surface area contributed by atoms with Crippen LogP contribution >= 0.6 is 0 Å². The fraction of sp³-hybridized carbons (Fsp3) is 0.231. The zero-order chi connectivity index (χ0) is 21.5. The summed E-state index contributed by atoms with van der Waals surface area (Å²) in [6.07, 6.45) is 3.78. The molecule has 0 bridgehead atoms. The Hall–Kier alpha value is -3.60. The average molecular weight is 415 g/mol. The molecule has 2 amide bonds. The van der Waals surface area contributed by atoms with Gasteiger partial charge in [-0.05, 0) is 42.7 Å². The quantitative estimate of drug-likeness (QED) is 0.561. The maximum absolute atomic E-state index is 13.3. The molecule has 1 aliphatic rings. The Morgan fingerprint density at radius 3 is 2.13 bits per heavy atom. The van der Waals surface area contributed by atoms with E-state index in [4.69, 9.17) is 4.74 Å². The lowest BCUT2D eigenvalue weighted by Gasteiger charge is -2.28. The van der Waals surface area contributed by atoms with E-state index < -0.39 is 5.41 Å². The van der Waals surface area contributed by atoms with Crippen molar-refractivity contribution in [2.45, 2.75) is 31.1 Å². The van der Waals surface area contributed by atoms with Gasteiger partial charge in [0.25, 0.3) is 5.91 Å². The highest BCUT2D eigenvalue weighted by Gasteiger charge is 2.42. The monoisotopic (exact) mass is 414 g/mol. The van der Waals surface area contributed by atoms with Gasteiger partial charge < -0.3 is 15.4 Å². The van der Waals surface area contributed by atoms with Crippen molar-refractivity contribution in [2.24, 2.45) is 0 Å². The van der Waals surface area contributed by atoms with Gasteiger partial charge in [0.05, 0.1) is 5.41 Å². The van der Waals surface area contributed by atoms with E-state index in [1.165, 1.54) is 0 Å². The summed E-state index contributed by atoms with van der Waals surface area (Å²) in [5.41, 5.74) is 1.95. The van der Waals surface area contributed by atoms with Crippen LogP contribution in [0.25, 0.3) is 0 Å². The first kappa shape index (κ1) is 20.7. The molecule has 1 fully saturated rings. The second-order valence-corrected chi connectivity index (χ2v) is 7.84. The Labute approximate surface area is 182 Å². The number of para-hydroxylation sites is 1. The first-order chi connectivity index (χ1) is 15.2. The van der Waals surface area contributed by atoms with Crippen LogP contribution in [0.15, 0.2) is 84.9 Å². The summed E-state index contributed by atoms with van der Waals surface area (Å²) in [6, 6.07) is 26.4. The minimum absolute atomic E-state index is 0.00942. The third-order valence-corrected chi connectivity index (χ3v) is 5.74. The average Bonchev–Trinajstić information content (AvgIpc) is 3.31. The maximum Gasteiger partial charge on any atom is 0.262 e. The Kier molecular flexibility index (Phi) is 6.32. The molecule has 5 heteroatoms. The summed E-state index contributed by atoms with van der Waals surface area (Å²) >= 11 is 0. The van der Waals surface area contributed by atoms with Crippen molar-refractivity contribution in [3.05, 3.63) is 90.5 Å². The molecule has 0 heterocycles. The Balaban J connectivity index is 1.40. The molecule has 0 saturated heterocycles. The number of rotatable bonds is 7. The predicted octanol–water partition coefficient (Wildman–Crippen LogP) is 5.15. The Morgan fingerprint density at radius 1 is 0.774 bits per heavy atom. The van der Waals surface area contributed by atoms with Gasteiger partial charge in [-0.1, -0.05) is 67.4 Å². The summed E-state index contributed by atoms with van der Waals surface area (Å²) < 4.78 is 5.63. The summed E-state index contributed by atoms with van der Waals surface area (Å²) in [4.78, 5) is 25.4. The third kappa shape index (κ3) is 4.94. The lowest BCUT2D eigenvalue weighted by molar-refractivity contribution is -0.121. The number of amides is 2. The first-order valence-corrected chi connectivity index (χ1v) is 10.6. The molecule has 158 valence electrons. The van der Waals surface area contributed by atoms with Gasteiger partial charge in [0.1, 0.15) is 5.75 Å². The van der Waals surface area contributed by atoms with Crippen LogP contribution in [0, 0.1) is 0 Å². The van der Waals surface area contributed by atoms with Crippen LogP contribution in [-0.2, 0) is 15.0 Å². The topological polar surface area (TPSA) is 67.4 Å². The van der Waals surface area contributed by atoms with Crippen molar-refractivity contribution in [2.75, 3.05) is 17.2 Å². The van der Waals surface area contributed by atoms with Gasteiger partial charge in [-0.25, -0.2) is 0 Å². The van der Waals surface area contributed by atoms with Gasteiger partial charge in [-0.3, -0.25) is 9.59 Å². The van der Waals surface area contributed by atoms with E-state index in [0.717, 1.165) is 36.9 Å². The van der Waals surface area contributed by atoms with E-state index in [-0.39, 0.29) is 18.4 Å². The lowest BCUT2D eigenvalue weighted by atomic mass is 9.78. The van der Waals surface area contributed by atoms with E-state index in [2.05, 4.69) is 10.6 Å². The maximum atomic E-state index is 13.3. The number of carbonyl (C=O) groups excluding carboxylic acids is 2. The number of benzene rings is 3. The number of anilines is 2. The minimum atomic E-state index is -0.492. The fourth-order valence-corrected chi connectivity index (χ4v) is 4.16. The molecule has 0 spiro atoms. The van der Waals surface area contributed by atoms with Crippen LogP contribution in [0.2, 0.25) is 0 Å². The van der Waals surface area contributed by atoms with E-state index in [0.29, 0.717) is 11.4 Å². The van der Waals surface area contributed by atoms with Gasteiger partial charge in [0, 0.05) is 17.4 Å². The minimum Gasteiger partial charge on any atom is -0.484 e. The molecule has 0 aromatic heterocycles. The van der Waals surface area contributed by atoms with Crippen molar-refractivity contribution < 1.29 is 14.3 Å². The number of hydrogen-bond donors (Lipinski definition) is 2. The Morgan fingerprint density at radius 2 is 1.42 bits per heavy atom. The van der Waals surface area contributed by atoms with Gasteiger partial charge in [-0.15, -0.1) is 0 Å². The third-order valence-electron chi connectivity index (χ3n) is 5.74. The Bertz CT molecular complexity index is 1030. The molecule has 3 aromatic rings. The molecular weight excluding hydrogens is 388 g/mol. The van der Waals surface area contributed by atoms with E-state index in [9.17, 15) is 9.59 Å². The molecule has 5 nitrogen and oxygen atoms in total. The highest BCUT2D eigenvalue weighted by molar-refractivity contribution is 5.99. The number of hydrogen-bond acceptors (Lipinski definition) is 3. The van der Waals surface area contributed by atoms with E-state index in [1.807, 2.05) is 72.8 Å². The van der Waals surface area contributed by atoms with Crippen molar-refractivity contribution in [1.29, 1.82) is 0 Å². The van der Waals surface area contributed by atoms with Crippen LogP contribution in [0.4, 0.5) is 11.4 Å². The van der Waals surface area contributed by atoms with Crippen molar-refractivity contribution in [1.82, 2.24) is 0 Å². The molecule has 4 rings (SSSR count). The molecule has 0 aliphatic heterocycles. The predicted molar refractivity (Wildman–Crippen MR) is 122 cm³/mol. The molecule has 0 atom stereocenters. The van der Waals surface area contributed by atoms with Crippen molar-refractivity contribution >= 4 is 23.2 Å². The van der Waals surface area contributed by atoms with Crippen molar-refractivity contribution in [3.63, 3.8) is 0 Å². The van der Waals surface area contributed by atoms with Crippen LogP contribution < -0.4 is 15.4 Å². The van der Waals surface area contributed by atoms with Crippen LogP contribution in [0.1, 0.15) is 31.2 Å². The molecule has 3 aromatic carbocycles. The number of nitrogens with one attached hydrogen (secondary N) is 2. The SMILES string of the molecule is O=C(COc1cccc(NC(=O)C2(c3ccccc3)CCCC2)c1)Nc1ccccc1. The smallest absolute Gasteiger partial charge is 0.262 e. The fourth-order valence-electron chi connectivity index (χ4n) is 4.16. The number of ether oxygens (including phenoxy) is 1.